The highest BCUT2D eigenvalue weighted by Gasteiger charge is 2.15. The maximum atomic E-state index is 11.2. The summed E-state index contributed by atoms with van der Waals surface area (Å²) in [6, 6.07) is 10.5. The molecule has 1 heterocycles. The van der Waals surface area contributed by atoms with E-state index in [-0.39, 0.29) is 11.8 Å². The third-order valence-corrected chi connectivity index (χ3v) is 5.12. The molecule has 1 aromatic heterocycles. The Balaban J connectivity index is 2.21. The highest BCUT2D eigenvalue weighted by molar-refractivity contribution is 7.90. The van der Waals surface area contributed by atoms with Gasteiger partial charge in [-0.1, -0.05) is 18.2 Å². The zero-order valence-corrected chi connectivity index (χ0v) is 12.1. The third-order valence-electron chi connectivity index (χ3n) is 2.91. The first-order valence-electron chi connectivity index (χ1n) is 5.83. The fourth-order valence-electron chi connectivity index (χ4n) is 1.93. The Bertz CT molecular complexity index is 598. The lowest BCUT2D eigenvalue weighted by atomic mass is 10.1. The van der Waals surface area contributed by atoms with Crippen LogP contribution in [-0.2, 0) is 9.84 Å². The van der Waals surface area contributed by atoms with Gasteiger partial charge in [-0.25, -0.2) is 8.42 Å². The summed E-state index contributed by atoms with van der Waals surface area (Å²) in [5, 5.41) is 4.42. The Morgan fingerprint density at radius 3 is 2.67 bits per heavy atom. The zero-order chi connectivity index (χ0) is 13.2. The van der Waals surface area contributed by atoms with Crippen LogP contribution in [0.4, 0.5) is 0 Å². The standard InChI is InChI=1S/C13H17NO2S2/c1-14-11(7-8-18(2,15)16)13-9-10-5-3-4-6-12(10)17-13/h3-6,9,11,14H,7-8H2,1-2H3. The molecule has 2 rings (SSSR count). The van der Waals surface area contributed by atoms with Crippen molar-refractivity contribution in [3.05, 3.63) is 35.2 Å². The molecule has 0 saturated carbocycles. The fraction of sp³-hybridized carbons (Fsp3) is 0.385. The van der Waals surface area contributed by atoms with Gasteiger partial charge in [0, 0.05) is 21.9 Å². The van der Waals surface area contributed by atoms with Crippen LogP contribution in [0, 0.1) is 0 Å². The average Bonchev–Trinajstić information content (AvgIpc) is 2.71. The van der Waals surface area contributed by atoms with Gasteiger partial charge in [0.15, 0.2) is 0 Å². The van der Waals surface area contributed by atoms with E-state index >= 15 is 0 Å². The van der Waals surface area contributed by atoms with Gasteiger partial charge in [0.05, 0.1) is 5.75 Å². The van der Waals surface area contributed by atoms with Crippen molar-refractivity contribution in [1.82, 2.24) is 5.32 Å². The first kappa shape index (κ1) is 13.5. The average molecular weight is 283 g/mol. The summed E-state index contributed by atoms with van der Waals surface area (Å²) in [4.78, 5) is 1.20. The molecule has 0 aliphatic carbocycles. The second-order valence-electron chi connectivity index (χ2n) is 4.45. The quantitative estimate of drug-likeness (QED) is 0.917. The van der Waals surface area contributed by atoms with E-state index in [1.54, 1.807) is 11.3 Å². The molecule has 1 unspecified atom stereocenters. The molecule has 0 radical (unpaired) electrons. The minimum absolute atomic E-state index is 0.108. The first-order chi connectivity index (χ1) is 8.49. The van der Waals surface area contributed by atoms with Crippen molar-refractivity contribution in [2.75, 3.05) is 19.1 Å². The summed E-state index contributed by atoms with van der Waals surface area (Å²) < 4.78 is 23.7. The second-order valence-corrected chi connectivity index (χ2v) is 7.82. The van der Waals surface area contributed by atoms with Crippen molar-refractivity contribution in [1.29, 1.82) is 0 Å². The molecule has 0 spiro atoms. The molecule has 0 saturated heterocycles. The maximum Gasteiger partial charge on any atom is 0.147 e. The number of hydrogen-bond donors (Lipinski definition) is 1. The van der Waals surface area contributed by atoms with Crippen LogP contribution in [0.1, 0.15) is 17.3 Å². The first-order valence-corrected chi connectivity index (χ1v) is 8.71. The SMILES string of the molecule is CNC(CCS(C)(=O)=O)c1cc2ccccc2s1. The topological polar surface area (TPSA) is 46.2 Å². The van der Waals surface area contributed by atoms with Gasteiger partial charge in [-0.15, -0.1) is 11.3 Å². The van der Waals surface area contributed by atoms with Crippen LogP contribution in [0.3, 0.4) is 0 Å². The molecule has 5 heteroatoms. The number of benzene rings is 1. The molecule has 0 aliphatic heterocycles. The second kappa shape index (κ2) is 5.38. The van der Waals surface area contributed by atoms with Gasteiger partial charge >= 0.3 is 0 Å². The molecule has 1 aromatic carbocycles. The van der Waals surface area contributed by atoms with Gasteiger partial charge in [0.25, 0.3) is 0 Å². The van der Waals surface area contributed by atoms with Gasteiger partial charge < -0.3 is 5.32 Å². The number of rotatable bonds is 5. The van der Waals surface area contributed by atoms with Gasteiger partial charge in [0.2, 0.25) is 0 Å². The van der Waals surface area contributed by atoms with E-state index in [9.17, 15) is 8.42 Å². The molecule has 2 aromatic rings. The van der Waals surface area contributed by atoms with Gasteiger partial charge in [-0.2, -0.15) is 0 Å². The van der Waals surface area contributed by atoms with Crippen molar-refractivity contribution >= 4 is 31.3 Å². The van der Waals surface area contributed by atoms with Crippen molar-refractivity contribution in [2.45, 2.75) is 12.5 Å². The monoisotopic (exact) mass is 283 g/mol. The number of sulfone groups is 1. The summed E-state index contributed by atoms with van der Waals surface area (Å²) in [7, 11) is -1.03. The Kier molecular flexibility index (Phi) is 4.04. The normalized spacial score (nSPS) is 13.9. The highest BCUT2D eigenvalue weighted by Crippen LogP contribution is 2.31. The van der Waals surface area contributed by atoms with Gasteiger partial charge in [0.1, 0.15) is 9.84 Å². The van der Waals surface area contributed by atoms with Crippen molar-refractivity contribution in [2.24, 2.45) is 0 Å². The van der Waals surface area contributed by atoms with Crippen molar-refractivity contribution in [3.8, 4) is 0 Å². The minimum Gasteiger partial charge on any atom is -0.312 e. The number of fused-ring (bicyclic) bond motifs is 1. The third kappa shape index (κ3) is 3.31. The van der Waals surface area contributed by atoms with Gasteiger partial charge in [-0.05, 0) is 31.0 Å². The largest absolute Gasteiger partial charge is 0.312 e. The molecule has 18 heavy (non-hydrogen) atoms. The molecule has 1 atom stereocenters. The molecule has 3 nitrogen and oxygen atoms in total. The Hall–Kier alpha value is -0.910. The van der Waals surface area contributed by atoms with Crippen LogP contribution < -0.4 is 5.32 Å². The number of hydrogen-bond acceptors (Lipinski definition) is 4. The smallest absolute Gasteiger partial charge is 0.147 e. The van der Waals surface area contributed by atoms with Crippen molar-refractivity contribution < 1.29 is 8.42 Å². The van der Waals surface area contributed by atoms with Crippen LogP contribution in [0.5, 0.6) is 0 Å². The number of thiophene rings is 1. The molecule has 1 N–H and O–H groups in total. The molecule has 0 amide bonds. The molecular formula is C13H17NO2S2. The minimum atomic E-state index is -2.90. The van der Waals surface area contributed by atoms with E-state index in [1.807, 2.05) is 19.2 Å². The lowest BCUT2D eigenvalue weighted by molar-refractivity contribution is 0.565. The Morgan fingerprint density at radius 2 is 2.06 bits per heavy atom. The molecule has 0 bridgehead atoms. The predicted molar refractivity (Wildman–Crippen MR) is 78.0 cm³/mol. The summed E-state index contributed by atoms with van der Waals surface area (Å²) in [6.07, 6.45) is 1.90. The van der Waals surface area contributed by atoms with Gasteiger partial charge in [-0.3, -0.25) is 0 Å². The van der Waals surface area contributed by atoms with Crippen LogP contribution in [0.25, 0.3) is 10.1 Å². The molecule has 98 valence electrons. The van der Waals surface area contributed by atoms with E-state index in [4.69, 9.17) is 0 Å². The van der Waals surface area contributed by atoms with E-state index in [1.165, 1.54) is 21.2 Å². The molecule has 0 aliphatic rings. The van der Waals surface area contributed by atoms with E-state index < -0.39 is 9.84 Å². The number of nitrogens with one attached hydrogen (secondary N) is 1. The van der Waals surface area contributed by atoms with Crippen LogP contribution in [-0.4, -0.2) is 27.5 Å². The zero-order valence-electron chi connectivity index (χ0n) is 10.5. The van der Waals surface area contributed by atoms with E-state index in [0.29, 0.717) is 6.42 Å². The summed E-state index contributed by atoms with van der Waals surface area (Å²) in [5.74, 6) is 0.215. The lowest BCUT2D eigenvalue weighted by Crippen LogP contribution is -2.18. The van der Waals surface area contributed by atoms with Crippen molar-refractivity contribution in [3.63, 3.8) is 0 Å². The predicted octanol–water partition coefficient (Wildman–Crippen LogP) is 2.60. The Labute approximate surface area is 112 Å². The molecule has 0 fully saturated rings. The summed E-state index contributed by atoms with van der Waals surface area (Å²) in [5.41, 5.74) is 0. The fourth-order valence-corrected chi connectivity index (χ4v) is 3.81. The van der Waals surface area contributed by atoms with Crippen LogP contribution in [0.2, 0.25) is 0 Å². The lowest BCUT2D eigenvalue weighted by Gasteiger charge is -2.13. The highest BCUT2D eigenvalue weighted by atomic mass is 32.2. The van der Waals surface area contributed by atoms with E-state index in [2.05, 4.69) is 23.5 Å². The summed E-state index contributed by atoms with van der Waals surface area (Å²) >= 11 is 1.72. The van der Waals surface area contributed by atoms with Crippen LogP contribution in [0.15, 0.2) is 30.3 Å². The van der Waals surface area contributed by atoms with Crippen LogP contribution >= 0.6 is 11.3 Å². The maximum absolute atomic E-state index is 11.2. The van der Waals surface area contributed by atoms with E-state index in [0.717, 1.165) is 0 Å². The molecular weight excluding hydrogens is 266 g/mol. The Morgan fingerprint density at radius 1 is 1.33 bits per heavy atom. The summed E-state index contributed by atoms with van der Waals surface area (Å²) in [6.45, 7) is 0.